The zero-order valence-corrected chi connectivity index (χ0v) is 12.4. The molecule has 0 amide bonds. The number of ether oxygens (including phenoxy) is 1. The first-order chi connectivity index (χ1) is 9.67. The first-order valence-corrected chi connectivity index (χ1v) is 7.09. The van der Waals surface area contributed by atoms with Gasteiger partial charge in [-0.25, -0.2) is 4.84 Å². The number of halogens is 1. The second-order valence-corrected chi connectivity index (χ2v) is 5.44. The van der Waals surface area contributed by atoms with E-state index in [1.165, 1.54) is 11.1 Å². The van der Waals surface area contributed by atoms with Gasteiger partial charge in [0.15, 0.2) is 0 Å². The van der Waals surface area contributed by atoms with Crippen LogP contribution in [0, 0.1) is 13.8 Å². The molecule has 3 rings (SSSR count). The molecule has 1 aromatic carbocycles. The number of nitrogens with one attached hydrogen (secondary N) is 1. The Morgan fingerprint density at radius 1 is 1.25 bits per heavy atom. The molecule has 1 aliphatic rings. The van der Waals surface area contributed by atoms with Gasteiger partial charge in [-0.2, -0.15) is 0 Å². The summed E-state index contributed by atoms with van der Waals surface area (Å²) in [5.74, 6) is 0.796. The molecule has 1 aromatic heterocycles. The number of aromatic nitrogens is 1. The normalized spacial score (nSPS) is 21.1. The van der Waals surface area contributed by atoms with Crippen LogP contribution in [0.3, 0.4) is 0 Å². The third kappa shape index (κ3) is 1.98. The fourth-order valence-corrected chi connectivity index (χ4v) is 2.99. The molecule has 2 heterocycles. The van der Waals surface area contributed by atoms with Gasteiger partial charge in [-0.3, -0.25) is 4.98 Å². The first kappa shape index (κ1) is 13.4. The molecule has 0 fully saturated rings. The molecule has 3 nitrogen and oxygen atoms in total. The summed E-state index contributed by atoms with van der Waals surface area (Å²) in [5.41, 5.74) is 4.00. The van der Waals surface area contributed by atoms with E-state index in [9.17, 15) is 0 Å². The Kier molecular flexibility index (Phi) is 3.40. The van der Waals surface area contributed by atoms with E-state index in [0.29, 0.717) is 6.61 Å². The van der Waals surface area contributed by atoms with Crippen LogP contribution in [0.5, 0.6) is 5.75 Å². The van der Waals surface area contributed by atoms with Gasteiger partial charge < -0.3 is 4.74 Å². The van der Waals surface area contributed by atoms with Crippen molar-refractivity contribution in [3.63, 3.8) is 0 Å². The number of rotatable bonds is 2. The summed E-state index contributed by atoms with van der Waals surface area (Å²) in [6.07, 6.45) is 2.53. The molecular weight excluding hydrogens is 272 g/mol. The van der Waals surface area contributed by atoms with Crippen molar-refractivity contribution in [2.45, 2.75) is 25.8 Å². The van der Waals surface area contributed by atoms with Crippen molar-refractivity contribution in [3.05, 3.63) is 58.9 Å². The minimum absolute atomic E-state index is 0.491. The maximum atomic E-state index is 6.15. The predicted octanol–water partition coefficient (Wildman–Crippen LogP) is 3.47. The van der Waals surface area contributed by atoms with Crippen molar-refractivity contribution >= 4 is 11.8 Å². The first-order valence-electron chi connectivity index (χ1n) is 6.71. The van der Waals surface area contributed by atoms with Crippen LogP contribution in [-0.2, 0) is 5.54 Å². The third-order valence-electron chi connectivity index (χ3n) is 4.07. The average Bonchev–Trinajstić information content (AvgIpc) is 2.49. The number of hydrogen-bond acceptors (Lipinski definition) is 3. The van der Waals surface area contributed by atoms with Gasteiger partial charge in [-0.15, -0.1) is 0 Å². The van der Waals surface area contributed by atoms with Crippen molar-refractivity contribution < 1.29 is 4.74 Å². The molecule has 1 aliphatic heterocycles. The van der Waals surface area contributed by atoms with E-state index in [0.717, 1.165) is 23.4 Å². The Hall–Kier alpha value is -1.58. The average molecular weight is 289 g/mol. The lowest BCUT2D eigenvalue weighted by Crippen LogP contribution is -2.43. The van der Waals surface area contributed by atoms with E-state index in [1.54, 1.807) is 6.20 Å². The Labute approximate surface area is 124 Å². The summed E-state index contributed by atoms with van der Waals surface area (Å²) in [4.78, 5) is 7.47. The van der Waals surface area contributed by atoms with Gasteiger partial charge in [0.25, 0.3) is 0 Å². The van der Waals surface area contributed by atoms with Crippen LogP contribution < -0.4 is 9.57 Å². The highest BCUT2D eigenvalue weighted by Gasteiger charge is 2.40. The molecule has 20 heavy (non-hydrogen) atoms. The molecule has 104 valence electrons. The largest absolute Gasteiger partial charge is 0.491 e. The maximum Gasteiger partial charge on any atom is 0.143 e. The van der Waals surface area contributed by atoms with Gasteiger partial charge in [0.2, 0.25) is 0 Å². The Morgan fingerprint density at radius 2 is 2.10 bits per heavy atom. The number of nitrogens with zero attached hydrogens (tertiary/aromatic N) is 1. The lowest BCUT2D eigenvalue weighted by molar-refractivity contribution is 0.223. The Morgan fingerprint density at radius 3 is 2.85 bits per heavy atom. The standard InChI is InChI=1S/C16H17ClN2O/c1-11-5-6-13(10-12(11)2)16(19-17)7-9-20-14-4-3-8-18-15(14)16/h3-6,8,10,19H,7,9H2,1-2H3/t16-/m0/s1. The lowest BCUT2D eigenvalue weighted by Gasteiger charge is -2.37. The van der Waals surface area contributed by atoms with Crippen molar-refractivity contribution in [1.82, 2.24) is 9.82 Å². The topological polar surface area (TPSA) is 34.1 Å². The molecular formula is C16H17ClN2O. The summed E-state index contributed by atoms with van der Waals surface area (Å²) in [6, 6.07) is 10.2. The van der Waals surface area contributed by atoms with Crippen LogP contribution in [0.1, 0.15) is 28.8 Å². The molecule has 1 atom stereocenters. The van der Waals surface area contributed by atoms with E-state index in [1.807, 2.05) is 12.1 Å². The van der Waals surface area contributed by atoms with Crippen molar-refractivity contribution in [2.24, 2.45) is 0 Å². The minimum atomic E-state index is -0.491. The minimum Gasteiger partial charge on any atom is -0.491 e. The van der Waals surface area contributed by atoms with E-state index < -0.39 is 5.54 Å². The van der Waals surface area contributed by atoms with Crippen LogP contribution in [0.4, 0.5) is 0 Å². The Balaban J connectivity index is 2.20. The van der Waals surface area contributed by atoms with E-state index in [4.69, 9.17) is 16.5 Å². The van der Waals surface area contributed by atoms with E-state index in [-0.39, 0.29) is 0 Å². The number of benzene rings is 1. The SMILES string of the molecule is Cc1ccc([C@@]2(NCl)CCOc3cccnc32)cc1C. The molecule has 0 bridgehead atoms. The van der Waals surface area contributed by atoms with E-state index >= 15 is 0 Å². The fraction of sp³-hybridized carbons (Fsp3) is 0.312. The van der Waals surface area contributed by atoms with Gasteiger partial charge in [0, 0.05) is 12.6 Å². The van der Waals surface area contributed by atoms with Gasteiger partial charge >= 0.3 is 0 Å². The lowest BCUT2D eigenvalue weighted by atomic mass is 9.81. The molecule has 0 saturated heterocycles. The van der Waals surface area contributed by atoms with Crippen molar-refractivity contribution in [2.75, 3.05) is 6.61 Å². The molecule has 0 spiro atoms. The zero-order valence-electron chi connectivity index (χ0n) is 11.6. The summed E-state index contributed by atoms with van der Waals surface area (Å²) >= 11 is 6.15. The highest BCUT2D eigenvalue weighted by Crippen LogP contribution is 2.41. The quantitative estimate of drug-likeness (QED) is 0.859. The van der Waals surface area contributed by atoms with Crippen LogP contribution in [0.2, 0.25) is 0 Å². The van der Waals surface area contributed by atoms with Crippen molar-refractivity contribution in [3.8, 4) is 5.75 Å². The van der Waals surface area contributed by atoms with Gasteiger partial charge in [-0.1, -0.05) is 18.2 Å². The summed E-state index contributed by atoms with van der Waals surface area (Å²) in [7, 11) is 0. The molecule has 1 N–H and O–H groups in total. The number of hydrogen-bond donors (Lipinski definition) is 1. The Bertz CT molecular complexity index is 644. The highest BCUT2D eigenvalue weighted by molar-refractivity contribution is 6.14. The second kappa shape index (κ2) is 5.08. The molecule has 0 aliphatic carbocycles. The summed E-state index contributed by atoms with van der Waals surface area (Å²) < 4.78 is 5.69. The molecule has 4 heteroatoms. The third-order valence-corrected chi connectivity index (χ3v) is 4.39. The molecule has 0 saturated carbocycles. The van der Waals surface area contributed by atoms with Crippen LogP contribution in [0.15, 0.2) is 36.5 Å². The molecule has 0 radical (unpaired) electrons. The summed E-state index contributed by atoms with van der Waals surface area (Å²) in [5, 5.41) is 0. The predicted molar refractivity (Wildman–Crippen MR) is 80.0 cm³/mol. The van der Waals surface area contributed by atoms with Crippen LogP contribution in [-0.4, -0.2) is 11.6 Å². The van der Waals surface area contributed by atoms with Gasteiger partial charge in [-0.05, 0) is 54.4 Å². The fourth-order valence-electron chi connectivity index (χ4n) is 2.69. The monoisotopic (exact) mass is 288 g/mol. The molecule has 2 aromatic rings. The van der Waals surface area contributed by atoms with Crippen LogP contribution in [0.25, 0.3) is 0 Å². The zero-order chi connectivity index (χ0) is 14.2. The smallest absolute Gasteiger partial charge is 0.143 e. The highest BCUT2D eigenvalue weighted by atomic mass is 35.5. The van der Waals surface area contributed by atoms with Gasteiger partial charge in [0.1, 0.15) is 17.0 Å². The number of aryl methyl sites for hydroxylation is 2. The van der Waals surface area contributed by atoms with Crippen molar-refractivity contribution in [1.29, 1.82) is 0 Å². The second-order valence-electron chi connectivity index (χ2n) is 5.25. The number of fused-ring (bicyclic) bond motifs is 1. The molecule has 0 unspecified atom stereocenters. The maximum absolute atomic E-state index is 6.15. The van der Waals surface area contributed by atoms with Gasteiger partial charge in [0.05, 0.1) is 6.61 Å². The summed E-state index contributed by atoms with van der Waals surface area (Å²) in [6.45, 7) is 4.83. The van der Waals surface area contributed by atoms with Crippen LogP contribution >= 0.6 is 11.8 Å². The van der Waals surface area contributed by atoms with E-state index in [2.05, 4.69) is 41.9 Å². The number of pyridine rings is 1.